The number of piperazine rings is 1. The Labute approximate surface area is 348 Å². The van der Waals surface area contributed by atoms with E-state index in [-0.39, 0.29) is 29.6 Å². The Morgan fingerprint density at radius 3 is 2.38 bits per heavy atom. The summed E-state index contributed by atoms with van der Waals surface area (Å²) in [5.41, 5.74) is 6.00. The third-order valence-corrected chi connectivity index (χ3v) is 13.4. The Morgan fingerprint density at radius 2 is 1.63 bits per heavy atom. The number of aromatic amines is 1. The summed E-state index contributed by atoms with van der Waals surface area (Å²) in [6, 6.07) is 21.0. The molecule has 5 N–H and O–H groups in total. The summed E-state index contributed by atoms with van der Waals surface area (Å²) in [5, 5.41) is 12.9. The maximum atomic E-state index is 15.8. The molecule has 2 aromatic heterocycles. The molecule has 1 unspecified atom stereocenters. The SMILES string of the molecule is CS(=O)(=O)N1CCc2cccc(Nc3nc(Nc4ccc(N5CCC(N6CCN(CCc7ccc(NC8CCC(=O)NC8=O)cc7)CC6)CC5)c(F)c4)nc4[nH]ccc34)c21. The number of sulfonamides is 1. The first-order chi connectivity index (χ1) is 29.0. The minimum atomic E-state index is -3.47. The molecule has 4 aliphatic rings. The van der Waals surface area contributed by atoms with E-state index in [1.807, 2.05) is 48.5 Å². The van der Waals surface area contributed by atoms with E-state index in [0.29, 0.717) is 66.1 Å². The van der Waals surface area contributed by atoms with Gasteiger partial charge in [-0.1, -0.05) is 24.3 Å². The number of H-pyrrole nitrogens is 1. The highest BCUT2D eigenvalue weighted by molar-refractivity contribution is 7.92. The number of nitrogens with zero attached hydrogens (tertiary/aromatic N) is 6. The number of benzene rings is 3. The number of amides is 2. The van der Waals surface area contributed by atoms with Crippen LogP contribution < -0.4 is 30.5 Å². The van der Waals surface area contributed by atoms with E-state index in [2.05, 4.69) is 58.1 Å². The van der Waals surface area contributed by atoms with Crippen molar-refractivity contribution < 1.29 is 22.4 Å². The Morgan fingerprint density at radius 1 is 0.850 bits per heavy atom. The van der Waals surface area contributed by atoms with Crippen LogP contribution >= 0.6 is 0 Å². The number of carbonyl (C=O) groups is 2. The molecule has 17 heteroatoms. The number of halogens is 1. The van der Waals surface area contributed by atoms with Crippen LogP contribution in [-0.4, -0.2) is 116 Å². The van der Waals surface area contributed by atoms with Gasteiger partial charge in [0.25, 0.3) is 0 Å². The fraction of sp³-hybridized carbons (Fsp3) is 0.395. The minimum Gasteiger partial charge on any atom is -0.374 e. The second-order valence-electron chi connectivity index (χ2n) is 16.1. The first kappa shape index (κ1) is 39.7. The second-order valence-corrected chi connectivity index (χ2v) is 18.0. The standard InChI is InChI=1S/C43H50FN11O4S/c1-60(58,59)55-22-15-29-3-2-4-35(39(29)55)48-41-33-13-18-45-40(33)50-43(51-41)47-31-9-11-37(34(44)27-31)54-20-16-32(17-21-54)53-25-23-52(24-26-53)19-14-28-5-7-30(8-6-28)46-36-10-12-38(56)49-42(36)57/h2-9,11,13,18,27,32,36,46H,10,12,14-17,19-26H2,1H3,(H,49,56,57)(H3,45,47,48,50,51). The third-order valence-electron chi connectivity index (χ3n) is 12.2. The first-order valence-corrected chi connectivity index (χ1v) is 22.6. The summed E-state index contributed by atoms with van der Waals surface area (Å²) in [6.45, 7) is 7.02. The maximum Gasteiger partial charge on any atom is 0.249 e. The minimum absolute atomic E-state index is 0.213. The van der Waals surface area contributed by atoms with E-state index in [1.165, 1.54) is 22.2 Å². The Bertz CT molecular complexity index is 2500. The molecule has 0 radical (unpaired) electrons. The highest BCUT2D eigenvalue weighted by Crippen LogP contribution is 2.39. The number of aromatic nitrogens is 3. The summed E-state index contributed by atoms with van der Waals surface area (Å²) in [5.74, 6) is -0.0351. The number of nitrogens with one attached hydrogen (secondary N) is 5. The summed E-state index contributed by atoms with van der Waals surface area (Å²) in [7, 11) is -3.47. The van der Waals surface area contributed by atoms with Crippen molar-refractivity contribution in [3.8, 4) is 0 Å². The van der Waals surface area contributed by atoms with Crippen molar-refractivity contribution in [2.24, 2.45) is 0 Å². The van der Waals surface area contributed by atoms with Gasteiger partial charge in [0.05, 0.1) is 28.7 Å². The quantitative estimate of drug-likeness (QED) is 0.107. The van der Waals surface area contributed by atoms with Crippen LogP contribution in [0.3, 0.4) is 0 Å². The number of anilines is 7. The van der Waals surface area contributed by atoms with Gasteiger partial charge >= 0.3 is 0 Å². The van der Waals surface area contributed by atoms with Crippen molar-refractivity contribution >= 4 is 73.1 Å². The molecule has 0 bridgehead atoms. The number of carbonyl (C=O) groups excluding carboxylic acids is 2. The average Bonchev–Trinajstić information content (AvgIpc) is 3.91. The van der Waals surface area contributed by atoms with Crippen molar-refractivity contribution in [3.63, 3.8) is 0 Å². The van der Waals surface area contributed by atoms with Crippen LogP contribution in [0.4, 0.5) is 44.6 Å². The Hall–Kier alpha value is -5.78. The number of imide groups is 1. The van der Waals surface area contributed by atoms with Crippen molar-refractivity contribution in [1.29, 1.82) is 0 Å². The summed E-state index contributed by atoms with van der Waals surface area (Å²) < 4.78 is 42.4. The van der Waals surface area contributed by atoms with Crippen molar-refractivity contribution in [2.45, 2.75) is 50.6 Å². The van der Waals surface area contributed by atoms with E-state index < -0.39 is 10.0 Å². The third kappa shape index (κ3) is 8.60. The smallest absolute Gasteiger partial charge is 0.249 e. The number of fused-ring (bicyclic) bond motifs is 2. The Balaban J connectivity index is 0.758. The van der Waals surface area contributed by atoms with E-state index in [0.717, 1.165) is 81.7 Å². The van der Waals surface area contributed by atoms with Gasteiger partial charge in [0.15, 0.2) is 0 Å². The van der Waals surface area contributed by atoms with Gasteiger partial charge in [-0.3, -0.25) is 24.1 Å². The lowest BCUT2D eigenvalue weighted by molar-refractivity contribution is -0.133. The van der Waals surface area contributed by atoms with Gasteiger partial charge < -0.3 is 30.7 Å². The number of para-hydroxylation sites is 1. The van der Waals surface area contributed by atoms with Crippen molar-refractivity contribution in [2.75, 3.05) is 83.8 Å². The van der Waals surface area contributed by atoms with Crippen LogP contribution in [-0.2, 0) is 32.5 Å². The van der Waals surface area contributed by atoms with Crippen LogP contribution in [0.25, 0.3) is 11.0 Å². The molecule has 0 saturated carbocycles. The molecule has 0 aliphatic carbocycles. The zero-order chi connectivity index (χ0) is 41.4. The van der Waals surface area contributed by atoms with Crippen molar-refractivity contribution in [3.05, 3.63) is 89.9 Å². The van der Waals surface area contributed by atoms with Gasteiger partial charge in [0.1, 0.15) is 23.3 Å². The van der Waals surface area contributed by atoms with Gasteiger partial charge in [0.2, 0.25) is 27.8 Å². The topological polar surface area (TPSA) is 171 Å². The van der Waals surface area contributed by atoms with E-state index in [4.69, 9.17) is 4.98 Å². The molecular formula is C43H50FN11O4S. The average molecular weight is 836 g/mol. The molecule has 0 spiro atoms. The van der Waals surface area contributed by atoms with Gasteiger partial charge in [-0.25, -0.2) is 12.8 Å². The molecule has 60 heavy (non-hydrogen) atoms. The summed E-state index contributed by atoms with van der Waals surface area (Å²) in [6.07, 6.45) is 7.37. The zero-order valence-corrected chi connectivity index (χ0v) is 34.4. The van der Waals surface area contributed by atoms with Crippen LogP contribution in [0.15, 0.2) is 72.9 Å². The predicted octanol–water partition coefficient (Wildman–Crippen LogP) is 4.95. The number of rotatable bonds is 12. The van der Waals surface area contributed by atoms with Crippen LogP contribution in [0.5, 0.6) is 0 Å². The monoisotopic (exact) mass is 835 g/mol. The molecule has 9 rings (SSSR count). The van der Waals surface area contributed by atoms with E-state index in [1.54, 1.807) is 6.20 Å². The molecule has 3 saturated heterocycles. The van der Waals surface area contributed by atoms with Crippen molar-refractivity contribution in [1.82, 2.24) is 30.1 Å². The highest BCUT2D eigenvalue weighted by atomic mass is 32.2. The summed E-state index contributed by atoms with van der Waals surface area (Å²) in [4.78, 5) is 43.3. The fourth-order valence-electron chi connectivity index (χ4n) is 8.96. The molecule has 15 nitrogen and oxygen atoms in total. The lowest BCUT2D eigenvalue weighted by atomic mass is 10.0. The van der Waals surface area contributed by atoms with Gasteiger partial charge in [0, 0.05) is 82.4 Å². The fourth-order valence-corrected chi connectivity index (χ4v) is 9.93. The van der Waals surface area contributed by atoms with Crippen LogP contribution in [0.1, 0.15) is 36.8 Å². The maximum absolute atomic E-state index is 15.8. The second kappa shape index (κ2) is 16.7. The molecular weight excluding hydrogens is 786 g/mol. The highest BCUT2D eigenvalue weighted by Gasteiger charge is 2.31. The van der Waals surface area contributed by atoms with Crippen LogP contribution in [0.2, 0.25) is 0 Å². The molecule has 1 atom stereocenters. The van der Waals surface area contributed by atoms with E-state index in [9.17, 15) is 18.0 Å². The van der Waals surface area contributed by atoms with Gasteiger partial charge in [-0.05, 0) is 85.7 Å². The predicted molar refractivity (Wildman–Crippen MR) is 232 cm³/mol. The largest absolute Gasteiger partial charge is 0.374 e. The molecule has 3 aromatic carbocycles. The lowest BCUT2D eigenvalue weighted by Crippen LogP contribution is -2.53. The van der Waals surface area contributed by atoms with E-state index >= 15 is 4.39 Å². The zero-order valence-electron chi connectivity index (χ0n) is 33.6. The molecule has 6 heterocycles. The lowest BCUT2D eigenvalue weighted by Gasteiger charge is -2.43. The number of piperidine rings is 2. The number of hydrogen-bond acceptors (Lipinski definition) is 12. The molecule has 5 aromatic rings. The molecule has 3 fully saturated rings. The normalized spacial score (nSPS) is 19.4. The summed E-state index contributed by atoms with van der Waals surface area (Å²) >= 11 is 0. The Kier molecular flexibility index (Phi) is 11.0. The van der Waals surface area contributed by atoms with Gasteiger partial charge in [-0.2, -0.15) is 9.97 Å². The van der Waals surface area contributed by atoms with Crippen LogP contribution in [0, 0.1) is 5.82 Å². The molecule has 314 valence electrons. The molecule has 2 amide bonds. The van der Waals surface area contributed by atoms with Gasteiger partial charge in [-0.15, -0.1) is 0 Å². The molecule has 4 aliphatic heterocycles. The number of hydrogen-bond donors (Lipinski definition) is 5. The first-order valence-electron chi connectivity index (χ1n) is 20.7.